The van der Waals surface area contributed by atoms with E-state index in [2.05, 4.69) is 5.32 Å². The van der Waals surface area contributed by atoms with Gasteiger partial charge in [0.1, 0.15) is 5.75 Å². The van der Waals surface area contributed by atoms with Crippen molar-refractivity contribution in [3.8, 4) is 5.75 Å². The fraction of sp³-hybridized carbons (Fsp3) is 0.241. The highest BCUT2D eigenvalue weighted by Crippen LogP contribution is 2.59. The first-order valence-corrected chi connectivity index (χ1v) is 11.5. The van der Waals surface area contributed by atoms with E-state index in [-0.39, 0.29) is 18.1 Å². The SMILES string of the molecule is COc1ccc([C@@H]2C[C@@]3(NC(C)=O)O[C@]2(C(=O)c2ccccc2)C=C[C@]3(O)c2ccccc2)cc1. The average Bonchev–Trinajstić information content (AvgIpc) is 3.19. The van der Waals surface area contributed by atoms with Crippen molar-refractivity contribution in [3.05, 3.63) is 114 Å². The van der Waals surface area contributed by atoms with Gasteiger partial charge in [0.25, 0.3) is 0 Å². The molecule has 2 aliphatic heterocycles. The van der Waals surface area contributed by atoms with E-state index >= 15 is 0 Å². The van der Waals surface area contributed by atoms with Crippen LogP contribution in [0.5, 0.6) is 5.75 Å². The summed E-state index contributed by atoms with van der Waals surface area (Å²) < 4.78 is 12.0. The van der Waals surface area contributed by atoms with Gasteiger partial charge < -0.3 is 19.9 Å². The summed E-state index contributed by atoms with van der Waals surface area (Å²) in [4.78, 5) is 26.5. The number of rotatable bonds is 6. The van der Waals surface area contributed by atoms with E-state index in [4.69, 9.17) is 9.47 Å². The summed E-state index contributed by atoms with van der Waals surface area (Å²) in [6, 6.07) is 25.4. The van der Waals surface area contributed by atoms with Gasteiger partial charge in [-0.05, 0) is 35.4 Å². The molecule has 1 saturated heterocycles. The van der Waals surface area contributed by atoms with Crippen molar-refractivity contribution in [2.24, 2.45) is 0 Å². The third-order valence-electron chi connectivity index (χ3n) is 7.04. The van der Waals surface area contributed by atoms with E-state index < -0.39 is 22.8 Å². The number of ether oxygens (including phenoxy) is 2. The molecule has 2 heterocycles. The van der Waals surface area contributed by atoms with Crippen LogP contribution < -0.4 is 10.1 Å². The zero-order valence-corrected chi connectivity index (χ0v) is 19.6. The van der Waals surface area contributed by atoms with Crippen LogP contribution in [0.1, 0.15) is 40.7 Å². The molecular weight excluding hydrogens is 442 g/mol. The lowest BCUT2D eigenvalue weighted by atomic mass is 9.77. The molecule has 3 aromatic carbocycles. The molecule has 6 nitrogen and oxygen atoms in total. The third kappa shape index (κ3) is 3.57. The summed E-state index contributed by atoms with van der Waals surface area (Å²) in [5, 5.41) is 15.0. The van der Waals surface area contributed by atoms with Gasteiger partial charge in [0, 0.05) is 24.8 Å². The molecule has 0 aromatic heterocycles. The Morgan fingerprint density at radius 2 is 1.57 bits per heavy atom. The largest absolute Gasteiger partial charge is 0.497 e. The summed E-state index contributed by atoms with van der Waals surface area (Å²) >= 11 is 0. The van der Waals surface area contributed by atoms with E-state index in [0.29, 0.717) is 16.9 Å². The maximum atomic E-state index is 14.1. The second-order valence-corrected chi connectivity index (χ2v) is 9.09. The Hall–Kier alpha value is -3.74. The molecule has 0 aliphatic carbocycles. The number of aliphatic hydroxyl groups is 1. The first-order valence-electron chi connectivity index (χ1n) is 11.5. The first kappa shape index (κ1) is 23.0. The molecule has 4 atom stereocenters. The van der Waals surface area contributed by atoms with E-state index in [0.717, 1.165) is 5.56 Å². The first-order chi connectivity index (χ1) is 16.8. The lowest BCUT2D eigenvalue weighted by Gasteiger charge is -2.47. The van der Waals surface area contributed by atoms with Crippen LogP contribution in [0, 0.1) is 0 Å². The van der Waals surface area contributed by atoms with Crippen LogP contribution in [0.25, 0.3) is 0 Å². The number of methoxy groups -OCH3 is 1. The molecule has 0 spiro atoms. The molecule has 2 bridgehead atoms. The van der Waals surface area contributed by atoms with Gasteiger partial charge in [0.2, 0.25) is 5.91 Å². The molecule has 6 heteroatoms. The number of carbonyl (C=O) groups excluding carboxylic acids is 2. The van der Waals surface area contributed by atoms with Gasteiger partial charge in [0.15, 0.2) is 22.7 Å². The number of hydrogen-bond acceptors (Lipinski definition) is 5. The van der Waals surface area contributed by atoms with Gasteiger partial charge >= 0.3 is 0 Å². The molecule has 5 rings (SSSR count). The highest BCUT2D eigenvalue weighted by molar-refractivity contribution is 6.05. The summed E-state index contributed by atoms with van der Waals surface area (Å²) in [7, 11) is 1.59. The molecule has 0 unspecified atom stereocenters. The van der Waals surface area contributed by atoms with Gasteiger partial charge in [-0.15, -0.1) is 0 Å². The zero-order chi connectivity index (χ0) is 24.7. The number of amides is 1. The molecule has 2 N–H and O–H groups in total. The molecule has 35 heavy (non-hydrogen) atoms. The van der Waals surface area contributed by atoms with Crippen molar-refractivity contribution in [2.75, 3.05) is 7.11 Å². The van der Waals surface area contributed by atoms with E-state index in [1.54, 1.807) is 55.7 Å². The fourth-order valence-electron chi connectivity index (χ4n) is 5.38. The van der Waals surface area contributed by atoms with Crippen molar-refractivity contribution in [3.63, 3.8) is 0 Å². The number of ketones is 1. The van der Waals surface area contributed by atoms with E-state index in [1.807, 2.05) is 48.5 Å². The van der Waals surface area contributed by atoms with Crippen molar-refractivity contribution >= 4 is 11.7 Å². The van der Waals surface area contributed by atoms with Gasteiger partial charge in [-0.3, -0.25) is 9.59 Å². The van der Waals surface area contributed by atoms with E-state index in [9.17, 15) is 14.7 Å². The van der Waals surface area contributed by atoms with Gasteiger partial charge in [-0.2, -0.15) is 0 Å². The van der Waals surface area contributed by atoms with Crippen molar-refractivity contribution < 1.29 is 24.2 Å². The minimum absolute atomic E-state index is 0.176. The van der Waals surface area contributed by atoms with Crippen LogP contribution >= 0.6 is 0 Å². The minimum Gasteiger partial charge on any atom is -0.497 e. The Bertz CT molecular complexity index is 1270. The molecule has 1 fully saturated rings. The second kappa shape index (κ2) is 8.48. The monoisotopic (exact) mass is 469 g/mol. The van der Waals surface area contributed by atoms with Crippen LogP contribution in [-0.2, 0) is 15.1 Å². The lowest BCUT2D eigenvalue weighted by Crippen LogP contribution is -2.64. The van der Waals surface area contributed by atoms with Crippen molar-refractivity contribution in [1.29, 1.82) is 0 Å². The van der Waals surface area contributed by atoms with Crippen LogP contribution in [0.3, 0.4) is 0 Å². The fourth-order valence-corrected chi connectivity index (χ4v) is 5.38. The predicted molar refractivity (Wildman–Crippen MR) is 131 cm³/mol. The standard InChI is InChI=1S/C29H27NO5/c1-20(31)30-29-19-25(21-13-15-24(34-2)16-14-21)27(35-29,26(32)22-9-5-3-6-10-22)17-18-28(29,33)23-11-7-4-8-12-23/h3-18,25,33H,19H2,1-2H3,(H,30,31)/t25-,27+,28-,29+/m0/s1. The molecular formula is C29H27NO5. The number of nitrogens with one attached hydrogen (secondary N) is 1. The van der Waals surface area contributed by atoms with Crippen LogP contribution in [0.4, 0.5) is 0 Å². The van der Waals surface area contributed by atoms with Crippen molar-refractivity contribution in [2.45, 2.75) is 36.2 Å². The summed E-state index contributed by atoms with van der Waals surface area (Å²) in [5.74, 6) is -0.405. The van der Waals surface area contributed by atoms with Gasteiger partial charge in [-0.1, -0.05) is 72.8 Å². The van der Waals surface area contributed by atoms with Crippen LogP contribution in [0.15, 0.2) is 97.1 Å². The quantitative estimate of drug-likeness (QED) is 0.419. The Balaban J connectivity index is 1.72. The molecule has 0 radical (unpaired) electrons. The Morgan fingerprint density at radius 3 is 2.17 bits per heavy atom. The summed E-state index contributed by atoms with van der Waals surface area (Å²) in [5.41, 5.74) is -2.81. The van der Waals surface area contributed by atoms with Crippen LogP contribution in [-0.4, -0.2) is 35.2 Å². The van der Waals surface area contributed by atoms with E-state index in [1.165, 1.54) is 6.92 Å². The highest BCUT2D eigenvalue weighted by Gasteiger charge is 2.69. The minimum atomic E-state index is -1.69. The van der Waals surface area contributed by atoms with Gasteiger partial charge in [-0.25, -0.2) is 0 Å². The highest BCUT2D eigenvalue weighted by atomic mass is 16.6. The number of fused-ring (bicyclic) bond motifs is 2. The number of carbonyl (C=O) groups is 2. The maximum absolute atomic E-state index is 14.1. The zero-order valence-electron chi connectivity index (χ0n) is 19.6. The van der Waals surface area contributed by atoms with Gasteiger partial charge in [0.05, 0.1) is 7.11 Å². The Labute approximate surface area is 204 Å². The Kier molecular flexibility index (Phi) is 5.58. The smallest absolute Gasteiger partial charge is 0.219 e. The molecule has 178 valence electrons. The predicted octanol–water partition coefficient (Wildman–Crippen LogP) is 4.11. The topological polar surface area (TPSA) is 84.9 Å². The normalized spacial score (nSPS) is 28.9. The second-order valence-electron chi connectivity index (χ2n) is 9.09. The third-order valence-corrected chi connectivity index (χ3v) is 7.04. The van der Waals surface area contributed by atoms with Crippen LogP contribution in [0.2, 0.25) is 0 Å². The number of hydrogen-bond donors (Lipinski definition) is 2. The summed E-state index contributed by atoms with van der Waals surface area (Å²) in [6.07, 6.45) is 3.44. The number of Topliss-reactive ketones (excluding diaryl/α,β-unsaturated/α-hetero) is 1. The lowest BCUT2D eigenvalue weighted by molar-refractivity contribution is -0.197. The molecule has 0 saturated carbocycles. The average molecular weight is 470 g/mol. The maximum Gasteiger partial charge on any atom is 0.219 e. The number of benzene rings is 3. The summed E-state index contributed by atoms with van der Waals surface area (Å²) in [6.45, 7) is 1.38. The Morgan fingerprint density at radius 1 is 0.943 bits per heavy atom. The molecule has 2 aliphatic rings. The molecule has 3 aromatic rings. The van der Waals surface area contributed by atoms with Crippen molar-refractivity contribution in [1.82, 2.24) is 5.32 Å². The molecule has 1 amide bonds.